The molecule has 4 amide bonds. The largest absolute Gasteiger partial charge is 0.513 e. The molecule has 1 aliphatic rings. The maximum Gasteiger partial charge on any atom is 0.251 e. The third-order valence-electron chi connectivity index (χ3n) is 6.76. The van der Waals surface area contributed by atoms with Crippen LogP contribution in [0.4, 0.5) is 11.4 Å². The molecule has 4 rings (SSSR count). The Bertz CT molecular complexity index is 1410. The van der Waals surface area contributed by atoms with Gasteiger partial charge in [-0.2, -0.15) is 0 Å². The van der Waals surface area contributed by atoms with Crippen LogP contribution in [0.5, 0.6) is 0 Å². The van der Waals surface area contributed by atoms with Gasteiger partial charge in [-0.25, -0.2) is 0 Å². The fraction of sp³-hybridized carbons (Fsp3) is 0.250. The Hall–Kier alpha value is -4.92. The molecular formula is C32H34N4O5. The van der Waals surface area contributed by atoms with Gasteiger partial charge in [-0.15, -0.1) is 0 Å². The van der Waals surface area contributed by atoms with E-state index in [0.717, 1.165) is 5.56 Å². The van der Waals surface area contributed by atoms with E-state index in [-0.39, 0.29) is 37.6 Å². The zero-order chi connectivity index (χ0) is 29.4. The fourth-order valence-corrected chi connectivity index (χ4v) is 4.82. The Morgan fingerprint density at radius 2 is 1.56 bits per heavy atom. The van der Waals surface area contributed by atoms with E-state index in [1.54, 1.807) is 61.5 Å². The second kappa shape index (κ2) is 13.4. The first-order chi connectivity index (χ1) is 19.7. The monoisotopic (exact) mass is 554 g/mol. The Balaban J connectivity index is 1.65. The Morgan fingerprint density at radius 3 is 2.22 bits per heavy atom. The van der Waals surface area contributed by atoms with Crippen LogP contribution in [-0.4, -0.2) is 53.9 Å². The molecule has 0 bridgehead atoms. The molecule has 2 atom stereocenters. The van der Waals surface area contributed by atoms with Crippen LogP contribution in [0.25, 0.3) is 0 Å². The summed E-state index contributed by atoms with van der Waals surface area (Å²) in [4.78, 5) is 56.5. The van der Waals surface area contributed by atoms with Gasteiger partial charge in [0.05, 0.1) is 23.7 Å². The van der Waals surface area contributed by atoms with Crippen molar-refractivity contribution in [3.8, 4) is 0 Å². The van der Waals surface area contributed by atoms with E-state index in [1.165, 1.54) is 9.80 Å². The number of carbonyl (C=O) groups is 4. The van der Waals surface area contributed by atoms with Crippen LogP contribution in [0.1, 0.15) is 35.7 Å². The number of nitrogens with zero attached hydrogens (tertiary/aromatic N) is 2. The number of aryl methyl sites for hydroxylation is 1. The highest BCUT2D eigenvalue weighted by Crippen LogP contribution is 2.33. The molecule has 0 spiro atoms. The Labute approximate surface area is 239 Å². The number of anilines is 2. The summed E-state index contributed by atoms with van der Waals surface area (Å²) in [5.41, 5.74) is 2.23. The lowest BCUT2D eigenvalue weighted by Gasteiger charge is -2.26. The number of benzene rings is 3. The number of nitrogens with one attached hydrogen (secondary N) is 2. The molecule has 3 aromatic rings. The summed E-state index contributed by atoms with van der Waals surface area (Å²) < 4.78 is 0. The molecular weight excluding hydrogens is 520 g/mol. The number of carbonyl (C=O) groups excluding carboxylic acids is 4. The molecule has 1 aliphatic heterocycles. The molecule has 9 nitrogen and oxygen atoms in total. The van der Waals surface area contributed by atoms with Gasteiger partial charge in [0.1, 0.15) is 12.6 Å². The van der Waals surface area contributed by atoms with Crippen molar-refractivity contribution in [3.63, 3.8) is 0 Å². The zero-order valence-electron chi connectivity index (χ0n) is 23.0. The van der Waals surface area contributed by atoms with Crippen LogP contribution < -0.4 is 20.4 Å². The lowest BCUT2D eigenvalue weighted by atomic mass is 10.1. The third kappa shape index (κ3) is 7.60. The number of amides is 4. The summed E-state index contributed by atoms with van der Waals surface area (Å²) in [5.74, 6) is -1.73. The van der Waals surface area contributed by atoms with Crippen LogP contribution in [0, 0.1) is 0 Å². The number of hydrogen-bond acceptors (Lipinski definition) is 5. The van der Waals surface area contributed by atoms with Crippen molar-refractivity contribution in [2.24, 2.45) is 0 Å². The van der Waals surface area contributed by atoms with Gasteiger partial charge in [0, 0.05) is 24.4 Å². The Kier molecular flexibility index (Phi) is 9.52. The molecule has 0 aliphatic carbocycles. The molecule has 212 valence electrons. The molecule has 41 heavy (non-hydrogen) atoms. The highest BCUT2D eigenvalue weighted by atomic mass is 16.3. The van der Waals surface area contributed by atoms with Crippen molar-refractivity contribution in [2.45, 2.75) is 38.3 Å². The van der Waals surface area contributed by atoms with Crippen molar-refractivity contribution in [2.75, 3.05) is 22.9 Å². The van der Waals surface area contributed by atoms with E-state index in [0.29, 0.717) is 23.4 Å². The average Bonchev–Trinajstić information content (AvgIpc) is 3.07. The number of hydrogen-bond donors (Lipinski definition) is 3. The maximum absolute atomic E-state index is 14.0. The molecule has 0 fully saturated rings. The zero-order valence-corrected chi connectivity index (χ0v) is 23.0. The normalized spacial score (nSPS) is 15.3. The summed E-state index contributed by atoms with van der Waals surface area (Å²) in [5, 5.41) is 15.0. The summed E-state index contributed by atoms with van der Waals surface area (Å²) in [6, 6.07) is 23.5. The van der Waals surface area contributed by atoms with E-state index in [9.17, 15) is 24.3 Å². The van der Waals surface area contributed by atoms with Crippen molar-refractivity contribution < 1.29 is 24.3 Å². The number of aliphatic hydroxyl groups is 1. The number of aliphatic hydroxyl groups excluding tert-OH is 1. The summed E-state index contributed by atoms with van der Waals surface area (Å²) >= 11 is 0. The first kappa shape index (κ1) is 29.1. The highest BCUT2D eigenvalue weighted by Gasteiger charge is 2.37. The summed E-state index contributed by atoms with van der Waals surface area (Å²) in [7, 11) is 0. The predicted molar refractivity (Wildman–Crippen MR) is 158 cm³/mol. The molecule has 0 radical (unpaired) electrons. The van der Waals surface area contributed by atoms with Gasteiger partial charge in [0.2, 0.25) is 11.8 Å². The average molecular weight is 555 g/mol. The van der Waals surface area contributed by atoms with Gasteiger partial charge < -0.3 is 20.6 Å². The van der Waals surface area contributed by atoms with E-state index >= 15 is 0 Å². The highest BCUT2D eigenvalue weighted by molar-refractivity contribution is 6.10. The van der Waals surface area contributed by atoms with Gasteiger partial charge in [-0.1, -0.05) is 67.2 Å². The second-order valence-electron chi connectivity index (χ2n) is 10.0. The van der Waals surface area contributed by atoms with E-state index < -0.39 is 29.8 Å². The van der Waals surface area contributed by atoms with Crippen LogP contribution in [-0.2, 0) is 20.8 Å². The van der Waals surface area contributed by atoms with Crippen LogP contribution in [0.2, 0.25) is 0 Å². The predicted octanol–water partition coefficient (Wildman–Crippen LogP) is 3.76. The lowest BCUT2D eigenvalue weighted by Crippen LogP contribution is -2.54. The quantitative estimate of drug-likeness (QED) is 0.330. The van der Waals surface area contributed by atoms with Gasteiger partial charge >= 0.3 is 0 Å². The second-order valence-corrected chi connectivity index (χ2v) is 10.0. The molecule has 0 saturated carbocycles. The van der Waals surface area contributed by atoms with Crippen LogP contribution in [0.15, 0.2) is 97.3 Å². The van der Waals surface area contributed by atoms with Gasteiger partial charge in [0.25, 0.3) is 11.8 Å². The molecule has 0 unspecified atom stereocenters. The van der Waals surface area contributed by atoms with Crippen LogP contribution >= 0.6 is 0 Å². The molecule has 0 aromatic heterocycles. The van der Waals surface area contributed by atoms with Crippen molar-refractivity contribution in [1.29, 1.82) is 0 Å². The van der Waals surface area contributed by atoms with Crippen LogP contribution in [0.3, 0.4) is 0 Å². The topological polar surface area (TPSA) is 119 Å². The van der Waals surface area contributed by atoms with Gasteiger partial charge in [-0.3, -0.25) is 24.1 Å². The third-order valence-corrected chi connectivity index (χ3v) is 6.76. The lowest BCUT2D eigenvalue weighted by molar-refractivity contribution is -0.125. The van der Waals surface area contributed by atoms with E-state index in [2.05, 4.69) is 17.2 Å². The minimum absolute atomic E-state index is 0.0673. The molecule has 3 N–H and O–H groups in total. The minimum Gasteiger partial charge on any atom is -0.513 e. The van der Waals surface area contributed by atoms with Gasteiger partial charge in [-0.05, 0) is 43.2 Å². The fourth-order valence-electron chi connectivity index (χ4n) is 4.82. The van der Waals surface area contributed by atoms with Crippen molar-refractivity contribution >= 4 is 35.0 Å². The van der Waals surface area contributed by atoms with Gasteiger partial charge in [0.15, 0.2) is 0 Å². The molecule has 3 aromatic carbocycles. The van der Waals surface area contributed by atoms with E-state index in [4.69, 9.17) is 0 Å². The first-order valence-electron chi connectivity index (χ1n) is 13.5. The number of para-hydroxylation sites is 2. The Morgan fingerprint density at radius 1 is 0.951 bits per heavy atom. The number of rotatable bonds is 10. The minimum atomic E-state index is -1.11. The summed E-state index contributed by atoms with van der Waals surface area (Å²) in [6.07, 6.45) is 0.859. The maximum atomic E-state index is 14.0. The number of fused-ring (bicyclic) bond motifs is 1. The smallest absolute Gasteiger partial charge is 0.251 e. The van der Waals surface area contributed by atoms with E-state index in [1.807, 2.05) is 30.3 Å². The van der Waals surface area contributed by atoms with Crippen molar-refractivity contribution in [3.05, 3.63) is 108 Å². The summed E-state index contributed by atoms with van der Waals surface area (Å²) in [6.45, 7) is 4.73. The SMILES string of the molecule is C=C(O)C[C@@H](C)NC(=O)CN1C(=O)[C@@H](NC(=O)c2ccccc2)CN(C(=O)CCc2ccccc2)c2ccccc21. The molecule has 9 heteroatoms. The molecule has 1 heterocycles. The first-order valence-corrected chi connectivity index (χ1v) is 13.5. The van der Waals surface area contributed by atoms with Crippen molar-refractivity contribution in [1.82, 2.24) is 10.6 Å². The molecule has 0 saturated heterocycles. The standard InChI is InChI=1S/C32H34N4O5/c1-22(19-23(2)37)33-29(38)21-36-28-16-10-9-15-27(28)35(30(39)18-17-24-11-5-3-6-12-24)20-26(32(36)41)34-31(40)25-13-7-4-8-14-25/h3-16,22,26,37H,2,17-21H2,1H3,(H,33,38)(H,34,40)/t22-,26+/m1/s1.